The van der Waals surface area contributed by atoms with Crippen LogP contribution in [0.3, 0.4) is 0 Å². The molecule has 4 N–H and O–H groups in total. The summed E-state index contributed by atoms with van der Waals surface area (Å²) in [7, 11) is -4.11. The molecule has 0 spiro atoms. The van der Waals surface area contributed by atoms with Gasteiger partial charge in [0.25, 0.3) is 15.9 Å². The van der Waals surface area contributed by atoms with E-state index in [9.17, 15) is 13.2 Å². The van der Waals surface area contributed by atoms with E-state index < -0.39 is 22.0 Å². The Labute approximate surface area is 135 Å². The first kappa shape index (κ1) is 17.1. The highest BCUT2D eigenvalue weighted by atomic mass is 32.2. The molecule has 2 aromatic carbocycles. The van der Waals surface area contributed by atoms with Crippen molar-refractivity contribution in [2.45, 2.75) is 24.3 Å². The number of nitrogens with zero attached hydrogens (tertiary/aromatic N) is 1. The van der Waals surface area contributed by atoms with Gasteiger partial charge in [-0.2, -0.15) is 12.8 Å². The Morgan fingerprint density at radius 2 is 1.65 bits per heavy atom. The van der Waals surface area contributed by atoms with Crippen LogP contribution in [-0.4, -0.2) is 24.8 Å². The van der Waals surface area contributed by atoms with Crippen molar-refractivity contribution < 1.29 is 13.2 Å². The molecular formula is C16H19N3O3S. The van der Waals surface area contributed by atoms with E-state index in [0.717, 1.165) is 11.1 Å². The Morgan fingerprint density at radius 1 is 1.09 bits per heavy atom. The fraction of sp³-hybridized carbons (Fsp3) is 0.188. The summed E-state index contributed by atoms with van der Waals surface area (Å²) in [5.74, 6) is 4.68. The minimum absolute atomic E-state index is 0.0501. The molecule has 2 rings (SSSR count). The van der Waals surface area contributed by atoms with Crippen LogP contribution in [0.1, 0.15) is 11.1 Å². The number of hydrazine groups is 1. The van der Waals surface area contributed by atoms with Gasteiger partial charge in [0.1, 0.15) is 0 Å². The molecule has 0 bridgehead atoms. The van der Waals surface area contributed by atoms with E-state index in [0.29, 0.717) is 0 Å². The fourth-order valence-electron chi connectivity index (χ4n) is 2.06. The van der Waals surface area contributed by atoms with E-state index in [4.69, 9.17) is 11.6 Å². The average Bonchev–Trinajstić information content (AvgIpc) is 2.54. The number of nitrogens with two attached hydrogens (primary N) is 2. The van der Waals surface area contributed by atoms with Gasteiger partial charge in [0, 0.05) is 0 Å². The third kappa shape index (κ3) is 3.95. The first-order valence-electron chi connectivity index (χ1n) is 7.02. The molecule has 23 heavy (non-hydrogen) atoms. The minimum atomic E-state index is -4.11. The molecule has 0 aromatic heterocycles. The normalized spacial score (nSPS) is 12.7. The summed E-state index contributed by atoms with van der Waals surface area (Å²) in [5, 5.41) is 0. The molecular weight excluding hydrogens is 314 g/mol. The third-order valence-corrected chi connectivity index (χ3v) is 4.98. The van der Waals surface area contributed by atoms with Crippen molar-refractivity contribution in [3.63, 3.8) is 0 Å². The Balaban J connectivity index is 2.16. The molecule has 0 aliphatic carbocycles. The summed E-state index contributed by atoms with van der Waals surface area (Å²) in [5.41, 5.74) is 7.54. The lowest BCUT2D eigenvalue weighted by Crippen LogP contribution is -2.51. The Morgan fingerprint density at radius 3 is 2.22 bits per heavy atom. The maximum absolute atomic E-state index is 12.4. The summed E-state index contributed by atoms with van der Waals surface area (Å²) in [6, 6.07) is 14.1. The van der Waals surface area contributed by atoms with E-state index >= 15 is 0 Å². The molecule has 0 saturated heterocycles. The van der Waals surface area contributed by atoms with Crippen LogP contribution in [0.2, 0.25) is 0 Å². The van der Waals surface area contributed by atoms with Crippen molar-refractivity contribution >= 4 is 15.9 Å². The van der Waals surface area contributed by atoms with Gasteiger partial charge in [0.05, 0.1) is 10.9 Å². The third-order valence-electron chi connectivity index (χ3n) is 3.41. The second-order valence-electron chi connectivity index (χ2n) is 5.25. The van der Waals surface area contributed by atoms with Gasteiger partial charge in [-0.05, 0) is 31.0 Å². The van der Waals surface area contributed by atoms with Crippen molar-refractivity contribution in [1.82, 2.24) is 4.41 Å². The Kier molecular flexibility index (Phi) is 5.15. The largest absolute Gasteiger partial charge is 0.320 e. The molecule has 0 aliphatic rings. The maximum Gasteiger partial charge on any atom is 0.280 e. The zero-order valence-corrected chi connectivity index (χ0v) is 13.5. The fourth-order valence-corrected chi connectivity index (χ4v) is 3.14. The second-order valence-corrected chi connectivity index (χ2v) is 7.06. The van der Waals surface area contributed by atoms with Crippen LogP contribution in [0, 0.1) is 6.92 Å². The molecule has 0 radical (unpaired) electrons. The minimum Gasteiger partial charge on any atom is -0.320 e. The molecule has 0 fully saturated rings. The highest BCUT2D eigenvalue weighted by Gasteiger charge is 2.30. The second kappa shape index (κ2) is 6.91. The standard InChI is InChI=1S/C16H19N3O3S/c1-12-7-9-14(10-8-12)23(21,22)19(18)16(20)15(17)11-13-5-3-2-4-6-13/h2-10,15H,11,17-18H2,1H3. The van der Waals surface area contributed by atoms with E-state index in [1.807, 2.05) is 37.3 Å². The number of carbonyl (C=O) groups excluding carboxylic acids is 1. The molecule has 0 heterocycles. The number of hydrogen-bond acceptors (Lipinski definition) is 5. The Bertz CT molecular complexity index is 774. The summed E-state index contributed by atoms with van der Waals surface area (Å²) in [6.45, 7) is 1.83. The number of hydrogen-bond donors (Lipinski definition) is 2. The number of aryl methyl sites for hydroxylation is 1. The van der Waals surface area contributed by atoms with Gasteiger partial charge >= 0.3 is 0 Å². The molecule has 122 valence electrons. The van der Waals surface area contributed by atoms with Gasteiger partial charge in [-0.3, -0.25) is 4.79 Å². The van der Waals surface area contributed by atoms with Gasteiger partial charge in [-0.25, -0.2) is 5.84 Å². The van der Waals surface area contributed by atoms with E-state index in [1.54, 1.807) is 12.1 Å². The van der Waals surface area contributed by atoms with Crippen molar-refractivity contribution in [3.8, 4) is 0 Å². The molecule has 0 saturated carbocycles. The highest BCUT2D eigenvalue weighted by molar-refractivity contribution is 7.89. The first-order valence-corrected chi connectivity index (χ1v) is 8.46. The quantitative estimate of drug-likeness (QED) is 0.481. The van der Waals surface area contributed by atoms with Gasteiger partial charge in [-0.1, -0.05) is 48.0 Å². The number of sulfonamides is 1. The average molecular weight is 333 g/mol. The van der Waals surface area contributed by atoms with Gasteiger partial charge in [0.15, 0.2) is 0 Å². The van der Waals surface area contributed by atoms with Crippen LogP contribution >= 0.6 is 0 Å². The SMILES string of the molecule is Cc1ccc(S(=O)(=O)N(N)C(=O)C(N)Cc2ccccc2)cc1. The van der Waals surface area contributed by atoms with E-state index in [1.165, 1.54) is 12.1 Å². The van der Waals surface area contributed by atoms with Crippen molar-refractivity contribution in [2.75, 3.05) is 0 Å². The molecule has 7 heteroatoms. The van der Waals surface area contributed by atoms with Crippen LogP contribution < -0.4 is 11.6 Å². The zero-order chi connectivity index (χ0) is 17.0. The predicted octanol–water partition coefficient (Wildman–Crippen LogP) is 0.956. The maximum atomic E-state index is 12.4. The number of benzene rings is 2. The lowest BCUT2D eigenvalue weighted by atomic mass is 10.1. The molecule has 0 aliphatic heterocycles. The highest BCUT2D eigenvalue weighted by Crippen LogP contribution is 2.15. The zero-order valence-electron chi connectivity index (χ0n) is 12.7. The summed E-state index contributed by atoms with van der Waals surface area (Å²) in [6.07, 6.45) is 0.205. The first-order chi connectivity index (χ1) is 10.8. The predicted molar refractivity (Wildman–Crippen MR) is 87.5 cm³/mol. The van der Waals surface area contributed by atoms with E-state index in [-0.39, 0.29) is 15.7 Å². The van der Waals surface area contributed by atoms with Crippen molar-refractivity contribution in [2.24, 2.45) is 11.6 Å². The van der Waals surface area contributed by atoms with Crippen LogP contribution in [0.25, 0.3) is 0 Å². The van der Waals surface area contributed by atoms with Gasteiger partial charge in [-0.15, -0.1) is 0 Å². The van der Waals surface area contributed by atoms with Crippen LogP contribution in [0.15, 0.2) is 59.5 Å². The van der Waals surface area contributed by atoms with E-state index in [2.05, 4.69) is 0 Å². The van der Waals surface area contributed by atoms with Crippen LogP contribution in [0.5, 0.6) is 0 Å². The van der Waals surface area contributed by atoms with Crippen LogP contribution in [-0.2, 0) is 21.2 Å². The topological polar surface area (TPSA) is 106 Å². The van der Waals surface area contributed by atoms with Gasteiger partial charge < -0.3 is 5.73 Å². The Hall–Kier alpha value is -2.22. The van der Waals surface area contributed by atoms with Gasteiger partial charge in [0.2, 0.25) is 0 Å². The monoisotopic (exact) mass is 333 g/mol. The molecule has 2 aromatic rings. The van der Waals surface area contributed by atoms with Crippen LogP contribution in [0.4, 0.5) is 0 Å². The summed E-state index contributed by atoms with van der Waals surface area (Å²) < 4.78 is 25.0. The number of carbonyl (C=O) groups is 1. The molecule has 1 atom stereocenters. The summed E-state index contributed by atoms with van der Waals surface area (Å²) >= 11 is 0. The van der Waals surface area contributed by atoms with Crippen molar-refractivity contribution in [1.29, 1.82) is 0 Å². The molecule has 1 unspecified atom stereocenters. The lowest BCUT2D eigenvalue weighted by molar-refractivity contribution is -0.128. The number of amides is 1. The summed E-state index contributed by atoms with van der Waals surface area (Å²) in [4.78, 5) is 12.2. The smallest absolute Gasteiger partial charge is 0.280 e. The lowest BCUT2D eigenvalue weighted by Gasteiger charge is -2.20. The molecule has 6 nitrogen and oxygen atoms in total. The number of rotatable bonds is 5. The molecule has 1 amide bonds. The van der Waals surface area contributed by atoms with Crippen molar-refractivity contribution in [3.05, 3.63) is 65.7 Å².